The summed E-state index contributed by atoms with van der Waals surface area (Å²) in [6.07, 6.45) is 3.81. The molecule has 0 radical (unpaired) electrons. The maximum Gasteiger partial charge on any atom is 0.219 e. The Morgan fingerprint density at radius 2 is 2.09 bits per heavy atom. The second-order valence-corrected chi connectivity index (χ2v) is 5.95. The summed E-state index contributed by atoms with van der Waals surface area (Å²) in [6.45, 7) is 3.67. The van der Waals surface area contributed by atoms with Gasteiger partial charge in [-0.15, -0.1) is 0 Å². The molecule has 116 valence electrons. The predicted octanol–water partition coefficient (Wildman–Crippen LogP) is 2.37. The van der Waals surface area contributed by atoms with Crippen LogP contribution in [-0.4, -0.2) is 35.4 Å². The molecule has 2 heterocycles. The van der Waals surface area contributed by atoms with E-state index in [2.05, 4.69) is 33.7 Å². The molecule has 6 nitrogen and oxygen atoms in total. The molecular formula is C16H21N5O. The Hall–Kier alpha value is -2.37. The van der Waals surface area contributed by atoms with Gasteiger partial charge in [-0.05, 0) is 24.5 Å². The second kappa shape index (κ2) is 5.79. The van der Waals surface area contributed by atoms with Crippen molar-refractivity contribution < 1.29 is 4.79 Å². The molecule has 0 saturated carbocycles. The van der Waals surface area contributed by atoms with E-state index in [1.807, 2.05) is 17.0 Å². The van der Waals surface area contributed by atoms with Gasteiger partial charge in [-0.25, -0.2) is 0 Å². The first-order chi connectivity index (χ1) is 10.7. The number of H-pyrrole nitrogens is 1. The number of fused-ring (bicyclic) bond motifs is 1. The van der Waals surface area contributed by atoms with Crippen LogP contribution in [0.5, 0.6) is 0 Å². The normalized spacial score (nSPS) is 18.1. The van der Waals surface area contributed by atoms with Gasteiger partial charge in [0, 0.05) is 42.5 Å². The molecule has 1 fully saturated rings. The molecular weight excluding hydrogens is 278 g/mol. The summed E-state index contributed by atoms with van der Waals surface area (Å²) in [5, 5.41) is 8.75. The van der Waals surface area contributed by atoms with E-state index in [4.69, 9.17) is 5.84 Å². The van der Waals surface area contributed by atoms with E-state index in [1.165, 1.54) is 10.9 Å². The van der Waals surface area contributed by atoms with Gasteiger partial charge in [0.05, 0.1) is 6.54 Å². The minimum Gasteiger partial charge on any atom is -0.361 e. The largest absolute Gasteiger partial charge is 0.361 e. The molecule has 3 rings (SSSR count). The van der Waals surface area contributed by atoms with Crippen molar-refractivity contribution in [2.45, 2.75) is 25.2 Å². The first-order valence-corrected chi connectivity index (χ1v) is 7.55. The molecule has 1 amide bonds. The lowest BCUT2D eigenvalue weighted by Gasteiger charge is -2.40. The fourth-order valence-electron chi connectivity index (χ4n) is 3.45. The fraction of sp³-hybridized carbons (Fsp3) is 0.438. The van der Waals surface area contributed by atoms with Gasteiger partial charge in [-0.2, -0.15) is 5.11 Å². The van der Waals surface area contributed by atoms with E-state index in [9.17, 15) is 4.79 Å². The Morgan fingerprint density at radius 1 is 1.36 bits per heavy atom. The third kappa shape index (κ3) is 2.45. The molecule has 2 aromatic rings. The molecule has 0 atom stereocenters. The van der Waals surface area contributed by atoms with Gasteiger partial charge in [-0.3, -0.25) is 4.79 Å². The number of piperidine rings is 1. The van der Waals surface area contributed by atoms with Crippen molar-refractivity contribution in [1.29, 1.82) is 0 Å². The number of aromatic nitrogens is 1. The van der Waals surface area contributed by atoms with Gasteiger partial charge in [0.2, 0.25) is 5.91 Å². The predicted molar refractivity (Wildman–Crippen MR) is 85.4 cm³/mol. The summed E-state index contributed by atoms with van der Waals surface area (Å²) >= 11 is 0. The zero-order chi connectivity index (χ0) is 15.6. The molecule has 0 unspecified atom stereocenters. The first-order valence-electron chi connectivity index (χ1n) is 7.55. The maximum absolute atomic E-state index is 11.6. The number of nitrogens with two attached hydrogens (primary N) is 1. The standard InChI is InChI=1S/C16H21N5O/c1-12(22)21-8-6-16(7-9-21,11-19-20-17)14-10-18-15-5-3-2-4-13(14)15/h2-5,10,18H,6-9,11H2,1H3,(H2,17,19). The van der Waals surface area contributed by atoms with Gasteiger partial charge in [0.15, 0.2) is 0 Å². The van der Waals surface area contributed by atoms with E-state index in [0.717, 1.165) is 31.4 Å². The van der Waals surface area contributed by atoms with Gasteiger partial charge < -0.3 is 15.7 Å². The molecule has 22 heavy (non-hydrogen) atoms. The van der Waals surface area contributed by atoms with E-state index in [0.29, 0.717) is 6.54 Å². The molecule has 1 aromatic carbocycles. The second-order valence-electron chi connectivity index (χ2n) is 5.95. The lowest BCUT2D eigenvalue weighted by molar-refractivity contribution is -0.130. The smallest absolute Gasteiger partial charge is 0.219 e. The summed E-state index contributed by atoms with van der Waals surface area (Å²) in [5.74, 6) is 5.36. The number of benzene rings is 1. The minimum atomic E-state index is -0.117. The lowest BCUT2D eigenvalue weighted by atomic mass is 9.72. The number of rotatable bonds is 3. The average Bonchev–Trinajstić information content (AvgIpc) is 2.98. The van der Waals surface area contributed by atoms with E-state index in [1.54, 1.807) is 6.92 Å². The summed E-state index contributed by atoms with van der Waals surface area (Å²) < 4.78 is 0. The van der Waals surface area contributed by atoms with Gasteiger partial charge >= 0.3 is 0 Å². The van der Waals surface area contributed by atoms with Crippen molar-refractivity contribution in [3.63, 3.8) is 0 Å². The molecule has 1 aliphatic heterocycles. The fourth-order valence-corrected chi connectivity index (χ4v) is 3.45. The van der Waals surface area contributed by atoms with Crippen molar-refractivity contribution in [2.75, 3.05) is 19.6 Å². The number of aromatic amines is 1. The number of amides is 1. The summed E-state index contributed by atoms with van der Waals surface area (Å²) in [7, 11) is 0. The summed E-state index contributed by atoms with van der Waals surface area (Å²) in [4.78, 5) is 16.8. The van der Waals surface area contributed by atoms with Crippen LogP contribution in [0.2, 0.25) is 0 Å². The van der Waals surface area contributed by atoms with E-state index < -0.39 is 0 Å². The first kappa shape index (κ1) is 14.6. The van der Waals surface area contributed by atoms with Crippen molar-refractivity contribution in [1.82, 2.24) is 9.88 Å². The van der Waals surface area contributed by atoms with E-state index >= 15 is 0 Å². The van der Waals surface area contributed by atoms with Crippen LogP contribution in [0.3, 0.4) is 0 Å². The Morgan fingerprint density at radius 3 is 2.77 bits per heavy atom. The van der Waals surface area contributed by atoms with Crippen LogP contribution < -0.4 is 5.84 Å². The number of nitrogens with one attached hydrogen (secondary N) is 1. The lowest BCUT2D eigenvalue weighted by Crippen LogP contribution is -2.46. The number of likely N-dealkylation sites (tertiary alicyclic amines) is 1. The third-order valence-corrected chi connectivity index (χ3v) is 4.78. The highest BCUT2D eigenvalue weighted by molar-refractivity contribution is 5.84. The minimum absolute atomic E-state index is 0.117. The SMILES string of the molecule is CC(=O)N1CCC(CN=NN)(c2c[nH]c3ccccc23)CC1. The van der Waals surface area contributed by atoms with Crippen molar-refractivity contribution in [3.05, 3.63) is 36.0 Å². The van der Waals surface area contributed by atoms with Gasteiger partial charge in [0.25, 0.3) is 0 Å². The van der Waals surface area contributed by atoms with Crippen LogP contribution in [0.15, 0.2) is 40.8 Å². The van der Waals surface area contributed by atoms with Crippen LogP contribution >= 0.6 is 0 Å². The van der Waals surface area contributed by atoms with Crippen molar-refractivity contribution >= 4 is 16.8 Å². The Kier molecular flexibility index (Phi) is 3.83. The maximum atomic E-state index is 11.6. The number of para-hydroxylation sites is 1. The molecule has 1 saturated heterocycles. The highest BCUT2D eigenvalue weighted by Crippen LogP contribution is 2.39. The summed E-state index contributed by atoms with van der Waals surface area (Å²) in [6, 6.07) is 8.26. The number of carbonyl (C=O) groups is 1. The Labute approximate surface area is 129 Å². The van der Waals surface area contributed by atoms with Crippen molar-refractivity contribution in [2.24, 2.45) is 16.2 Å². The molecule has 1 aliphatic rings. The zero-order valence-electron chi connectivity index (χ0n) is 12.7. The highest BCUT2D eigenvalue weighted by Gasteiger charge is 2.38. The highest BCUT2D eigenvalue weighted by atomic mass is 16.2. The average molecular weight is 299 g/mol. The van der Waals surface area contributed by atoms with Crippen LogP contribution in [0.25, 0.3) is 10.9 Å². The van der Waals surface area contributed by atoms with Gasteiger partial charge in [-0.1, -0.05) is 23.4 Å². The van der Waals surface area contributed by atoms with Crippen LogP contribution in [0.1, 0.15) is 25.3 Å². The number of nitrogens with zero attached hydrogens (tertiary/aromatic N) is 3. The third-order valence-electron chi connectivity index (χ3n) is 4.78. The van der Waals surface area contributed by atoms with Crippen LogP contribution in [0, 0.1) is 0 Å². The van der Waals surface area contributed by atoms with Crippen LogP contribution in [0.4, 0.5) is 0 Å². The van der Waals surface area contributed by atoms with Crippen molar-refractivity contribution in [3.8, 4) is 0 Å². The van der Waals surface area contributed by atoms with Gasteiger partial charge in [0.1, 0.15) is 0 Å². The number of hydrogen-bond donors (Lipinski definition) is 2. The summed E-state index contributed by atoms with van der Waals surface area (Å²) in [5.41, 5.74) is 2.25. The Bertz CT molecular complexity index is 697. The Balaban J connectivity index is 1.98. The van der Waals surface area contributed by atoms with Crippen LogP contribution in [-0.2, 0) is 10.2 Å². The number of hydrogen-bond acceptors (Lipinski definition) is 3. The monoisotopic (exact) mass is 299 g/mol. The molecule has 0 spiro atoms. The molecule has 1 aromatic heterocycles. The molecule has 3 N–H and O–H groups in total. The quantitative estimate of drug-likeness (QED) is 0.518. The zero-order valence-corrected chi connectivity index (χ0v) is 12.7. The molecule has 0 bridgehead atoms. The van der Waals surface area contributed by atoms with E-state index in [-0.39, 0.29) is 11.3 Å². The molecule has 6 heteroatoms. The number of carbonyl (C=O) groups excluding carboxylic acids is 1. The topological polar surface area (TPSA) is 86.8 Å². The molecule has 0 aliphatic carbocycles.